The van der Waals surface area contributed by atoms with Crippen molar-refractivity contribution in [2.45, 2.75) is 39.7 Å². The largest absolute Gasteiger partial charge is 0.494 e. The molecule has 0 saturated heterocycles. The lowest BCUT2D eigenvalue weighted by Gasteiger charge is -2.15. The van der Waals surface area contributed by atoms with Crippen LogP contribution in [0.5, 0.6) is 11.5 Å². The highest BCUT2D eigenvalue weighted by atomic mass is 16.5. The zero-order chi connectivity index (χ0) is 12.7. The third-order valence-corrected chi connectivity index (χ3v) is 2.37. The van der Waals surface area contributed by atoms with Crippen molar-refractivity contribution in [2.75, 3.05) is 13.2 Å². The molecule has 0 aliphatic rings. The van der Waals surface area contributed by atoms with E-state index in [1.165, 1.54) is 0 Å². The van der Waals surface area contributed by atoms with Gasteiger partial charge in [0.25, 0.3) is 0 Å². The predicted octanol–water partition coefficient (Wildman–Crippen LogP) is 3.32. The second kappa shape index (κ2) is 7.17. The molecule has 0 bridgehead atoms. The Morgan fingerprint density at radius 3 is 2.35 bits per heavy atom. The molecule has 1 atom stereocenters. The summed E-state index contributed by atoms with van der Waals surface area (Å²) in [5, 5.41) is 9.72. The first-order valence-electron chi connectivity index (χ1n) is 6.26. The molecule has 0 spiro atoms. The van der Waals surface area contributed by atoms with Gasteiger partial charge in [-0.25, -0.2) is 0 Å². The van der Waals surface area contributed by atoms with Gasteiger partial charge >= 0.3 is 0 Å². The number of benzene rings is 1. The Morgan fingerprint density at radius 1 is 1.12 bits per heavy atom. The molecule has 17 heavy (non-hydrogen) atoms. The van der Waals surface area contributed by atoms with Crippen molar-refractivity contribution in [3.8, 4) is 11.5 Å². The molecule has 1 unspecified atom stereocenters. The molecule has 96 valence electrons. The molecule has 3 heteroatoms. The van der Waals surface area contributed by atoms with Gasteiger partial charge in [-0.3, -0.25) is 0 Å². The van der Waals surface area contributed by atoms with Crippen LogP contribution >= 0.6 is 0 Å². The summed E-state index contributed by atoms with van der Waals surface area (Å²) >= 11 is 0. The quantitative estimate of drug-likeness (QED) is 0.792. The van der Waals surface area contributed by atoms with Crippen LogP contribution in [0.15, 0.2) is 18.2 Å². The van der Waals surface area contributed by atoms with Gasteiger partial charge in [0.05, 0.1) is 19.3 Å². The maximum atomic E-state index is 9.72. The average Bonchev–Trinajstić information content (AvgIpc) is 2.34. The van der Waals surface area contributed by atoms with Crippen LogP contribution in [0.3, 0.4) is 0 Å². The summed E-state index contributed by atoms with van der Waals surface area (Å²) in [6.07, 6.45) is 1.37. The molecule has 0 fully saturated rings. The molecule has 0 aliphatic heterocycles. The minimum atomic E-state index is -0.549. The molecule has 0 amide bonds. The topological polar surface area (TPSA) is 38.7 Å². The maximum Gasteiger partial charge on any atom is 0.125 e. The Bertz CT molecular complexity index is 334. The molecule has 0 radical (unpaired) electrons. The molecular formula is C14H22O3. The summed E-state index contributed by atoms with van der Waals surface area (Å²) in [5.74, 6) is 1.53. The molecule has 1 aromatic rings. The van der Waals surface area contributed by atoms with Crippen LogP contribution in [0.25, 0.3) is 0 Å². The van der Waals surface area contributed by atoms with E-state index in [0.29, 0.717) is 13.2 Å². The van der Waals surface area contributed by atoms with Crippen LogP contribution in [0.2, 0.25) is 0 Å². The van der Waals surface area contributed by atoms with Crippen LogP contribution in [0.4, 0.5) is 0 Å². The van der Waals surface area contributed by atoms with E-state index in [4.69, 9.17) is 9.47 Å². The standard InChI is InChI=1S/C14H22O3/c1-4-8-16-12-6-7-14(17-9-5-2)13(10-12)11(3)15/h6-7,10-11,15H,4-5,8-9H2,1-3H3. The first kappa shape index (κ1) is 13.8. The predicted molar refractivity (Wildman–Crippen MR) is 68.6 cm³/mol. The lowest BCUT2D eigenvalue weighted by Crippen LogP contribution is -2.03. The fraction of sp³-hybridized carbons (Fsp3) is 0.571. The summed E-state index contributed by atoms with van der Waals surface area (Å²) in [6, 6.07) is 5.60. The highest BCUT2D eigenvalue weighted by molar-refractivity contribution is 5.41. The normalized spacial score (nSPS) is 12.2. The first-order chi connectivity index (χ1) is 8.19. The van der Waals surface area contributed by atoms with Gasteiger partial charge in [0.1, 0.15) is 11.5 Å². The van der Waals surface area contributed by atoms with Gasteiger partial charge in [0, 0.05) is 5.56 Å². The summed E-state index contributed by atoms with van der Waals surface area (Å²) in [4.78, 5) is 0. The minimum absolute atomic E-state index is 0.549. The van der Waals surface area contributed by atoms with E-state index >= 15 is 0 Å². The van der Waals surface area contributed by atoms with E-state index in [0.717, 1.165) is 29.9 Å². The van der Waals surface area contributed by atoms with Gasteiger partial charge in [-0.15, -0.1) is 0 Å². The van der Waals surface area contributed by atoms with Crippen LogP contribution in [-0.2, 0) is 0 Å². The Kier molecular flexibility index (Phi) is 5.84. The smallest absolute Gasteiger partial charge is 0.125 e. The van der Waals surface area contributed by atoms with Crippen molar-refractivity contribution < 1.29 is 14.6 Å². The number of hydrogen-bond donors (Lipinski definition) is 1. The molecule has 1 aromatic carbocycles. The third kappa shape index (κ3) is 4.27. The number of aliphatic hydroxyl groups excluding tert-OH is 1. The first-order valence-corrected chi connectivity index (χ1v) is 6.26. The van der Waals surface area contributed by atoms with Crippen LogP contribution in [-0.4, -0.2) is 18.3 Å². The Balaban J connectivity index is 2.83. The van der Waals surface area contributed by atoms with Gasteiger partial charge in [-0.2, -0.15) is 0 Å². The number of ether oxygens (including phenoxy) is 2. The van der Waals surface area contributed by atoms with Crippen molar-refractivity contribution >= 4 is 0 Å². The number of aliphatic hydroxyl groups is 1. The molecule has 0 saturated carbocycles. The summed E-state index contributed by atoms with van der Waals surface area (Å²) in [6.45, 7) is 7.20. The van der Waals surface area contributed by atoms with Crippen molar-refractivity contribution in [3.05, 3.63) is 23.8 Å². The van der Waals surface area contributed by atoms with Gasteiger partial charge in [0.2, 0.25) is 0 Å². The van der Waals surface area contributed by atoms with E-state index in [2.05, 4.69) is 13.8 Å². The molecule has 3 nitrogen and oxygen atoms in total. The third-order valence-electron chi connectivity index (χ3n) is 2.37. The lowest BCUT2D eigenvalue weighted by atomic mass is 10.1. The summed E-state index contributed by atoms with van der Waals surface area (Å²) in [7, 11) is 0. The molecule has 0 aliphatic carbocycles. The van der Waals surface area contributed by atoms with E-state index < -0.39 is 6.10 Å². The van der Waals surface area contributed by atoms with Crippen molar-refractivity contribution in [1.82, 2.24) is 0 Å². The van der Waals surface area contributed by atoms with Crippen molar-refractivity contribution in [3.63, 3.8) is 0 Å². The average molecular weight is 238 g/mol. The zero-order valence-electron chi connectivity index (χ0n) is 10.9. The summed E-state index contributed by atoms with van der Waals surface area (Å²) < 4.78 is 11.1. The molecular weight excluding hydrogens is 216 g/mol. The Morgan fingerprint density at radius 2 is 1.76 bits per heavy atom. The Hall–Kier alpha value is -1.22. The zero-order valence-corrected chi connectivity index (χ0v) is 10.9. The Labute approximate surface area is 103 Å². The van der Waals surface area contributed by atoms with Gasteiger partial charge in [-0.1, -0.05) is 13.8 Å². The van der Waals surface area contributed by atoms with E-state index in [9.17, 15) is 5.11 Å². The number of rotatable bonds is 7. The molecule has 1 N–H and O–H groups in total. The van der Waals surface area contributed by atoms with Crippen LogP contribution in [0.1, 0.15) is 45.3 Å². The maximum absolute atomic E-state index is 9.72. The van der Waals surface area contributed by atoms with Crippen LogP contribution < -0.4 is 9.47 Å². The van der Waals surface area contributed by atoms with Crippen LogP contribution in [0, 0.1) is 0 Å². The lowest BCUT2D eigenvalue weighted by molar-refractivity contribution is 0.190. The van der Waals surface area contributed by atoms with Gasteiger partial charge in [-0.05, 0) is 38.0 Å². The van der Waals surface area contributed by atoms with E-state index in [1.54, 1.807) is 6.92 Å². The summed E-state index contributed by atoms with van der Waals surface area (Å²) in [5.41, 5.74) is 0.784. The van der Waals surface area contributed by atoms with Gasteiger partial charge in [0.15, 0.2) is 0 Å². The second-order valence-corrected chi connectivity index (χ2v) is 4.07. The minimum Gasteiger partial charge on any atom is -0.494 e. The monoisotopic (exact) mass is 238 g/mol. The SMILES string of the molecule is CCCOc1ccc(OCCC)c(C(C)O)c1. The highest BCUT2D eigenvalue weighted by Crippen LogP contribution is 2.29. The van der Waals surface area contributed by atoms with Crippen molar-refractivity contribution in [1.29, 1.82) is 0 Å². The van der Waals surface area contributed by atoms with E-state index in [1.807, 2.05) is 18.2 Å². The van der Waals surface area contributed by atoms with E-state index in [-0.39, 0.29) is 0 Å². The fourth-order valence-corrected chi connectivity index (χ4v) is 1.51. The number of hydrogen-bond acceptors (Lipinski definition) is 3. The molecule has 0 heterocycles. The van der Waals surface area contributed by atoms with Crippen molar-refractivity contribution in [2.24, 2.45) is 0 Å². The fourth-order valence-electron chi connectivity index (χ4n) is 1.51. The molecule has 1 rings (SSSR count). The highest BCUT2D eigenvalue weighted by Gasteiger charge is 2.10. The second-order valence-electron chi connectivity index (χ2n) is 4.07. The van der Waals surface area contributed by atoms with Gasteiger partial charge < -0.3 is 14.6 Å². The molecule has 0 aromatic heterocycles.